The van der Waals surface area contributed by atoms with Gasteiger partial charge in [-0.25, -0.2) is 0 Å². The van der Waals surface area contributed by atoms with Crippen molar-refractivity contribution in [1.82, 2.24) is 9.80 Å². The van der Waals surface area contributed by atoms with Gasteiger partial charge in [0.2, 0.25) is 5.91 Å². The Morgan fingerprint density at radius 2 is 2.25 bits per heavy atom. The van der Waals surface area contributed by atoms with E-state index in [2.05, 4.69) is 0 Å². The summed E-state index contributed by atoms with van der Waals surface area (Å²) in [5, 5.41) is 8.77. The molecule has 2 unspecified atom stereocenters. The largest absolute Gasteiger partial charge is 0.480 e. The van der Waals surface area contributed by atoms with Gasteiger partial charge in [0.25, 0.3) is 0 Å². The molecule has 12 heavy (non-hydrogen) atoms. The van der Waals surface area contributed by atoms with Crippen LogP contribution in [0.15, 0.2) is 0 Å². The molecule has 0 aliphatic carbocycles. The van der Waals surface area contributed by atoms with E-state index in [4.69, 9.17) is 5.11 Å². The fraction of sp³-hybridized carbons (Fsp3) is 0.714. The highest BCUT2D eigenvalue weighted by molar-refractivity contribution is 5.84. The van der Waals surface area contributed by atoms with Crippen molar-refractivity contribution < 1.29 is 14.7 Å². The summed E-state index contributed by atoms with van der Waals surface area (Å²) >= 11 is 0. The molecular formula is C7H10N2O3. The molecule has 0 aromatic heterocycles. The van der Waals surface area contributed by atoms with Gasteiger partial charge >= 0.3 is 5.97 Å². The van der Waals surface area contributed by atoms with Gasteiger partial charge in [-0.3, -0.25) is 14.5 Å². The highest BCUT2D eigenvalue weighted by Gasteiger charge is 2.40. The van der Waals surface area contributed by atoms with Crippen LogP contribution in [0.1, 0.15) is 0 Å². The maximum absolute atomic E-state index is 11.1. The molecular weight excluding hydrogens is 160 g/mol. The first kappa shape index (κ1) is 7.54. The normalized spacial score (nSPS) is 34.0. The zero-order chi connectivity index (χ0) is 8.72. The number of amides is 1. The lowest BCUT2D eigenvalue weighted by molar-refractivity contribution is -0.157. The molecule has 5 heteroatoms. The summed E-state index contributed by atoms with van der Waals surface area (Å²) in [6.07, 6.45) is 0. The molecule has 3 rings (SSSR count). The van der Waals surface area contributed by atoms with E-state index >= 15 is 0 Å². The van der Waals surface area contributed by atoms with Crippen LogP contribution in [-0.4, -0.2) is 59.0 Å². The zero-order valence-corrected chi connectivity index (χ0v) is 6.56. The van der Waals surface area contributed by atoms with Gasteiger partial charge in [-0.2, -0.15) is 0 Å². The first-order valence-corrected chi connectivity index (χ1v) is 3.93. The van der Waals surface area contributed by atoms with Crippen LogP contribution in [0.4, 0.5) is 0 Å². The molecule has 1 amide bonds. The van der Waals surface area contributed by atoms with Crippen LogP contribution in [0.25, 0.3) is 0 Å². The van der Waals surface area contributed by atoms with Gasteiger partial charge < -0.3 is 10.0 Å². The molecule has 2 bridgehead atoms. The quantitative estimate of drug-likeness (QED) is 0.525. The average Bonchev–Trinajstić information content (AvgIpc) is 2.04. The zero-order valence-electron chi connectivity index (χ0n) is 6.56. The number of hydrogen-bond donors (Lipinski definition) is 1. The van der Waals surface area contributed by atoms with Crippen LogP contribution in [0.3, 0.4) is 0 Å². The molecule has 0 aromatic rings. The molecule has 3 heterocycles. The highest BCUT2D eigenvalue weighted by atomic mass is 16.4. The minimum Gasteiger partial charge on any atom is -0.480 e. The topological polar surface area (TPSA) is 60.9 Å². The molecule has 3 saturated heterocycles. The minimum absolute atomic E-state index is 0.0544. The molecule has 0 aromatic carbocycles. The lowest BCUT2D eigenvalue weighted by Crippen LogP contribution is -2.65. The fourth-order valence-electron chi connectivity index (χ4n) is 1.74. The van der Waals surface area contributed by atoms with E-state index < -0.39 is 12.0 Å². The Kier molecular flexibility index (Phi) is 1.54. The predicted octanol–water partition coefficient (Wildman–Crippen LogP) is -1.40. The molecule has 0 saturated carbocycles. The van der Waals surface area contributed by atoms with E-state index in [0.717, 1.165) is 0 Å². The molecule has 3 aliphatic rings. The highest BCUT2D eigenvalue weighted by Crippen LogP contribution is 2.16. The number of carboxylic acids is 1. The molecule has 66 valence electrons. The third-order valence-corrected chi connectivity index (χ3v) is 2.47. The minimum atomic E-state index is -0.827. The van der Waals surface area contributed by atoms with Gasteiger partial charge in [-0.1, -0.05) is 0 Å². The fourth-order valence-corrected chi connectivity index (χ4v) is 1.74. The second kappa shape index (κ2) is 2.45. The monoisotopic (exact) mass is 170 g/mol. The third kappa shape index (κ3) is 0.972. The van der Waals surface area contributed by atoms with E-state index in [1.807, 2.05) is 0 Å². The van der Waals surface area contributed by atoms with Gasteiger partial charge in [0.15, 0.2) is 0 Å². The van der Waals surface area contributed by atoms with Crippen molar-refractivity contribution >= 4 is 11.9 Å². The lowest BCUT2D eigenvalue weighted by Gasteiger charge is -2.44. The van der Waals surface area contributed by atoms with Crippen LogP contribution in [-0.2, 0) is 9.59 Å². The Labute approximate surface area is 69.6 Å². The van der Waals surface area contributed by atoms with Crippen molar-refractivity contribution in [3.8, 4) is 0 Å². The van der Waals surface area contributed by atoms with Crippen LogP contribution in [0, 0.1) is 0 Å². The number of piperazine rings is 3. The smallest absolute Gasteiger partial charge is 0.322 e. The molecule has 3 fully saturated rings. The van der Waals surface area contributed by atoms with E-state index in [9.17, 15) is 9.59 Å². The van der Waals surface area contributed by atoms with E-state index in [0.29, 0.717) is 19.6 Å². The Hall–Kier alpha value is -1.10. The standard InChI is InChI=1S/C7H10N2O3/c10-6-4-8-1-2-9(6)3-5(8)7(11)12/h5H,1-4H2,(H,11,12). The SMILES string of the molecule is O=C(O)C1CN2CCN1CC2=O. The number of fused-ring (bicyclic) bond motifs is 3. The van der Waals surface area contributed by atoms with Crippen LogP contribution in [0.5, 0.6) is 0 Å². The summed E-state index contributed by atoms with van der Waals surface area (Å²) < 4.78 is 0. The number of rotatable bonds is 1. The van der Waals surface area contributed by atoms with Crippen LogP contribution in [0.2, 0.25) is 0 Å². The van der Waals surface area contributed by atoms with Gasteiger partial charge in [-0.05, 0) is 0 Å². The van der Waals surface area contributed by atoms with Crippen LogP contribution >= 0.6 is 0 Å². The molecule has 2 atom stereocenters. The van der Waals surface area contributed by atoms with E-state index in [1.165, 1.54) is 0 Å². The second-order valence-corrected chi connectivity index (χ2v) is 3.16. The predicted molar refractivity (Wildman–Crippen MR) is 39.6 cm³/mol. The summed E-state index contributed by atoms with van der Waals surface area (Å²) in [6, 6.07) is -0.476. The van der Waals surface area contributed by atoms with Crippen molar-refractivity contribution in [3.05, 3.63) is 0 Å². The summed E-state index contributed by atoms with van der Waals surface area (Å²) in [6.45, 7) is 2.01. The molecule has 1 N–H and O–H groups in total. The number of nitrogens with zero attached hydrogens (tertiary/aromatic N) is 2. The summed E-state index contributed by atoms with van der Waals surface area (Å²) in [5.74, 6) is -0.772. The Balaban J connectivity index is 2.15. The van der Waals surface area contributed by atoms with Gasteiger partial charge in [0.05, 0.1) is 6.54 Å². The number of carboxylic acid groups (broad SMARTS) is 1. The van der Waals surface area contributed by atoms with Crippen molar-refractivity contribution in [2.45, 2.75) is 6.04 Å². The number of carbonyl (C=O) groups is 2. The first-order valence-electron chi connectivity index (χ1n) is 3.93. The molecule has 3 aliphatic heterocycles. The van der Waals surface area contributed by atoms with Gasteiger partial charge in [0.1, 0.15) is 6.04 Å². The molecule has 0 spiro atoms. The maximum Gasteiger partial charge on any atom is 0.322 e. The van der Waals surface area contributed by atoms with Crippen molar-refractivity contribution in [2.75, 3.05) is 26.2 Å². The summed E-state index contributed by atoms with van der Waals surface area (Å²) in [7, 11) is 0. The number of aliphatic carboxylic acids is 1. The van der Waals surface area contributed by atoms with E-state index in [-0.39, 0.29) is 12.5 Å². The lowest BCUT2D eigenvalue weighted by atomic mass is 10.1. The maximum atomic E-state index is 11.1. The van der Waals surface area contributed by atoms with Crippen molar-refractivity contribution in [3.63, 3.8) is 0 Å². The average molecular weight is 170 g/mol. The first-order chi connectivity index (χ1) is 5.68. The van der Waals surface area contributed by atoms with Gasteiger partial charge in [-0.15, -0.1) is 0 Å². The molecule has 0 radical (unpaired) electrons. The number of hydrogen-bond acceptors (Lipinski definition) is 3. The van der Waals surface area contributed by atoms with Crippen molar-refractivity contribution in [2.24, 2.45) is 0 Å². The van der Waals surface area contributed by atoms with E-state index in [1.54, 1.807) is 9.80 Å². The second-order valence-electron chi connectivity index (χ2n) is 3.16. The third-order valence-electron chi connectivity index (χ3n) is 2.47. The van der Waals surface area contributed by atoms with Gasteiger partial charge in [0, 0.05) is 19.6 Å². The Morgan fingerprint density at radius 3 is 2.67 bits per heavy atom. The molecule has 5 nitrogen and oxygen atoms in total. The Morgan fingerprint density at radius 1 is 1.50 bits per heavy atom. The van der Waals surface area contributed by atoms with Crippen LogP contribution < -0.4 is 0 Å². The summed E-state index contributed by atoms with van der Waals surface area (Å²) in [4.78, 5) is 25.1. The van der Waals surface area contributed by atoms with Crippen molar-refractivity contribution in [1.29, 1.82) is 0 Å². The number of carbonyl (C=O) groups excluding carboxylic acids is 1. The Bertz CT molecular complexity index is 241. The summed E-state index contributed by atoms with van der Waals surface area (Å²) in [5.41, 5.74) is 0.